The summed E-state index contributed by atoms with van der Waals surface area (Å²) in [6, 6.07) is 3.92. The predicted octanol–water partition coefficient (Wildman–Crippen LogP) is 2.04. The number of hydrogen-bond acceptors (Lipinski definition) is 3. The second-order valence-corrected chi connectivity index (χ2v) is 4.65. The Balaban J connectivity index is 1.97. The summed E-state index contributed by atoms with van der Waals surface area (Å²) in [7, 11) is 0. The molecule has 1 amide bonds. The molecule has 92 valence electrons. The third-order valence-corrected chi connectivity index (χ3v) is 3.00. The van der Waals surface area contributed by atoms with E-state index in [0.29, 0.717) is 17.5 Å². The molecule has 2 rings (SSSR count). The van der Waals surface area contributed by atoms with Crippen LogP contribution in [-0.4, -0.2) is 23.5 Å². The molecule has 1 saturated carbocycles. The normalized spacial score (nSPS) is 22.0. The molecule has 0 saturated heterocycles. The number of anilines is 1. The molecule has 1 aliphatic carbocycles. The molecule has 2 N–H and O–H groups in total. The Bertz CT molecular complexity index is 405. The molecule has 1 fully saturated rings. The van der Waals surface area contributed by atoms with Gasteiger partial charge in [0.2, 0.25) is 0 Å². The second-order valence-electron chi connectivity index (χ2n) is 4.65. The van der Waals surface area contributed by atoms with E-state index >= 15 is 0 Å². The molecule has 1 aromatic rings. The maximum absolute atomic E-state index is 11.9. The number of amides is 1. The van der Waals surface area contributed by atoms with Gasteiger partial charge in [0.05, 0.1) is 0 Å². The van der Waals surface area contributed by atoms with Gasteiger partial charge in [-0.3, -0.25) is 4.79 Å². The number of pyridine rings is 1. The molecule has 2 atom stereocenters. The summed E-state index contributed by atoms with van der Waals surface area (Å²) in [4.78, 5) is 16.1. The van der Waals surface area contributed by atoms with Gasteiger partial charge in [-0.1, -0.05) is 13.8 Å². The van der Waals surface area contributed by atoms with Gasteiger partial charge < -0.3 is 10.6 Å². The lowest BCUT2D eigenvalue weighted by Crippen LogP contribution is -2.26. The van der Waals surface area contributed by atoms with Crippen molar-refractivity contribution >= 4 is 11.7 Å². The highest BCUT2D eigenvalue weighted by atomic mass is 16.1. The Hall–Kier alpha value is -1.58. The predicted molar refractivity (Wildman–Crippen MR) is 68.1 cm³/mol. The van der Waals surface area contributed by atoms with Crippen molar-refractivity contribution in [1.29, 1.82) is 0 Å². The van der Waals surface area contributed by atoms with E-state index in [0.717, 1.165) is 25.2 Å². The monoisotopic (exact) mass is 233 g/mol. The molecule has 1 heterocycles. The van der Waals surface area contributed by atoms with Crippen molar-refractivity contribution in [3.63, 3.8) is 0 Å². The molecule has 0 spiro atoms. The molecular weight excluding hydrogens is 214 g/mol. The van der Waals surface area contributed by atoms with Crippen LogP contribution in [0, 0.1) is 5.92 Å². The number of rotatable bonds is 5. The number of carbonyl (C=O) groups excluding carboxylic acids is 1. The average molecular weight is 233 g/mol. The van der Waals surface area contributed by atoms with E-state index in [9.17, 15) is 4.79 Å². The van der Waals surface area contributed by atoms with E-state index in [1.807, 2.05) is 0 Å². The van der Waals surface area contributed by atoms with Gasteiger partial charge in [0.1, 0.15) is 5.82 Å². The highest BCUT2D eigenvalue weighted by Crippen LogP contribution is 2.29. The maximum atomic E-state index is 11.9. The lowest BCUT2D eigenvalue weighted by Gasteiger charge is -2.07. The summed E-state index contributed by atoms with van der Waals surface area (Å²) < 4.78 is 0. The van der Waals surface area contributed by atoms with E-state index in [-0.39, 0.29) is 5.91 Å². The first-order valence-corrected chi connectivity index (χ1v) is 6.21. The SMILES string of the molecule is CCCNc1cc(C(=O)NC2CC2C)ccn1. The fraction of sp³-hybridized carbons (Fsp3) is 0.538. The van der Waals surface area contributed by atoms with E-state index in [1.54, 1.807) is 18.3 Å². The maximum Gasteiger partial charge on any atom is 0.251 e. The third kappa shape index (κ3) is 3.19. The van der Waals surface area contributed by atoms with Gasteiger partial charge in [0, 0.05) is 24.3 Å². The zero-order valence-electron chi connectivity index (χ0n) is 10.4. The Labute approximate surface area is 102 Å². The topological polar surface area (TPSA) is 54.0 Å². The number of carbonyl (C=O) groups is 1. The summed E-state index contributed by atoms with van der Waals surface area (Å²) >= 11 is 0. The fourth-order valence-corrected chi connectivity index (χ4v) is 1.70. The van der Waals surface area contributed by atoms with Crippen LogP contribution >= 0.6 is 0 Å². The first-order chi connectivity index (χ1) is 8.20. The summed E-state index contributed by atoms with van der Waals surface area (Å²) in [5, 5.41) is 6.18. The largest absolute Gasteiger partial charge is 0.370 e. The zero-order valence-corrected chi connectivity index (χ0v) is 10.4. The number of nitrogens with one attached hydrogen (secondary N) is 2. The van der Waals surface area contributed by atoms with Crippen LogP contribution in [0.3, 0.4) is 0 Å². The molecule has 17 heavy (non-hydrogen) atoms. The summed E-state index contributed by atoms with van der Waals surface area (Å²) in [6.07, 6.45) is 3.80. The molecule has 0 bridgehead atoms. The highest BCUT2D eigenvalue weighted by molar-refractivity contribution is 5.95. The summed E-state index contributed by atoms with van der Waals surface area (Å²) in [6.45, 7) is 5.11. The van der Waals surface area contributed by atoms with Crippen molar-refractivity contribution in [2.75, 3.05) is 11.9 Å². The van der Waals surface area contributed by atoms with E-state index in [4.69, 9.17) is 0 Å². The van der Waals surface area contributed by atoms with Gasteiger partial charge in [0.25, 0.3) is 5.91 Å². The molecule has 0 aromatic carbocycles. The van der Waals surface area contributed by atoms with Crippen molar-refractivity contribution in [2.24, 2.45) is 5.92 Å². The Kier molecular flexibility index (Phi) is 3.61. The smallest absolute Gasteiger partial charge is 0.251 e. The Morgan fingerprint density at radius 3 is 3.00 bits per heavy atom. The first kappa shape index (κ1) is 11.9. The van der Waals surface area contributed by atoms with Gasteiger partial charge in [-0.2, -0.15) is 0 Å². The second kappa shape index (κ2) is 5.17. The van der Waals surface area contributed by atoms with Crippen molar-refractivity contribution in [1.82, 2.24) is 10.3 Å². The van der Waals surface area contributed by atoms with Gasteiger partial charge in [-0.25, -0.2) is 4.98 Å². The minimum Gasteiger partial charge on any atom is -0.370 e. The molecule has 1 aromatic heterocycles. The third-order valence-electron chi connectivity index (χ3n) is 3.00. The van der Waals surface area contributed by atoms with Crippen molar-refractivity contribution in [3.8, 4) is 0 Å². The Morgan fingerprint density at radius 1 is 1.59 bits per heavy atom. The molecule has 1 aliphatic rings. The molecule has 0 aliphatic heterocycles. The van der Waals surface area contributed by atoms with Crippen LogP contribution in [0.1, 0.15) is 37.0 Å². The lowest BCUT2D eigenvalue weighted by atomic mass is 10.2. The van der Waals surface area contributed by atoms with Crippen LogP contribution in [-0.2, 0) is 0 Å². The van der Waals surface area contributed by atoms with Gasteiger partial charge >= 0.3 is 0 Å². The molecule has 0 radical (unpaired) electrons. The van der Waals surface area contributed by atoms with E-state index in [1.165, 1.54) is 0 Å². The quantitative estimate of drug-likeness (QED) is 0.818. The van der Waals surface area contributed by atoms with Crippen LogP contribution in [0.25, 0.3) is 0 Å². The van der Waals surface area contributed by atoms with Crippen LogP contribution in [0.4, 0.5) is 5.82 Å². The standard InChI is InChI=1S/C13H19N3O/c1-3-5-14-12-8-10(4-6-15-12)13(17)16-11-7-9(11)2/h4,6,8-9,11H,3,5,7H2,1-2H3,(H,14,15)(H,16,17). The van der Waals surface area contributed by atoms with Crippen molar-refractivity contribution < 1.29 is 4.79 Å². The minimum atomic E-state index is 0.00120. The van der Waals surface area contributed by atoms with Crippen LogP contribution in [0.15, 0.2) is 18.3 Å². The fourth-order valence-electron chi connectivity index (χ4n) is 1.70. The zero-order chi connectivity index (χ0) is 12.3. The highest BCUT2D eigenvalue weighted by Gasteiger charge is 2.33. The number of hydrogen-bond donors (Lipinski definition) is 2. The number of aromatic nitrogens is 1. The lowest BCUT2D eigenvalue weighted by molar-refractivity contribution is 0.0949. The van der Waals surface area contributed by atoms with Crippen molar-refractivity contribution in [2.45, 2.75) is 32.7 Å². The van der Waals surface area contributed by atoms with Crippen LogP contribution in [0.2, 0.25) is 0 Å². The van der Waals surface area contributed by atoms with Crippen LogP contribution < -0.4 is 10.6 Å². The summed E-state index contributed by atoms with van der Waals surface area (Å²) in [5.74, 6) is 1.39. The van der Waals surface area contributed by atoms with Gasteiger partial charge in [0.15, 0.2) is 0 Å². The van der Waals surface area contributed by atoms with Gasteiger partial charge in [-0.05, 0) is 30.9 Å². The van der Waals surface area contributed by atoms with Gasteiger partial charge in [-0.15, -0.1) is 0 Å². The molecular formula is C13H19N3O. The molecule has 4 nitrogen and oxygen atoms in total. The molecule has 2 unspecified atom stereocenters. The minimum absolute atomic E-state index is 0.00120. The summed E-state index contributed by atoms with van der Waals surface area (Å²) in [5.41, 5.74) is 0.678. The van der Waals surface area contributed by atoms with E-state index in [2.05, 4.69) is 29.5 Å². The first-order valence-electron chi connectivity index (χ1n) is 6.21. The number of nitrogens with zero attached hydrogens (tertiary/aromatic N) is 1. The van der Waals surface area contributed by atoms with Crippen molar-refractivity contribution in [3.05, 3.63) is 23.9 Å². The molecule has 4 heteroatoms. The average Bonchev–Trinajstić information content (AvgIpc) is 3.02. The van der Waals surface area contributed by atoms with Crippen LogP contribution in [0.5, 0.6) is 0 Å². The van der Waals surface area contributed by atoms with E-state index < -0.39 is 0 Å². The Morgan fingerprint density at radius 2 is 2.35 bits per heavy atom.